The second-order valence-electron chi connectivity index (χ2n) is 3.79. The van der Waals surface area contributed by atoms with E-state index in [1.807, 2.05) is 18.6 Å². The van der Waals surface area contributed by atoms with Crippen molar-refractivity contribution in [2.45, 2.75) is 25.4 Å². The largest absolute Gasteiger partial charge is 0.396 e. The zero-order chi connectivity index (χ0) is 11.1. The van der Waals surface area contributed by atoms with Crippen LogP contribution < -0.4 is 5.32 Å². The van der Waals surface area contributed by atoms with E-state index in [2.05, 4.69) is 10.3 Å². The third-order valence-electron chi connectivity index (χ3n) is 2.30. The van der Waals surface area contributed by atoms with Crippen molar-refractivity contribution in [3.05, 3.63) is 16.6 Å². The molecule has 1 unspecified atom stereocenters. The maximum absolute atomic E-state index is 8.98. The summed E-state index contributed by atoms with van der Waals surface area (Å²) < 4.78 is 5.14. The first-order chi connectivity index (χ1) is 7.20. The summed E-state index contributed by atoms with van der Waals surface area (Å²) in [6.45, 7) is 3.57. The van der Waals surface area contributed by atoms with Gasteiger partial charge in [0.2, 0.25) is 0 Å². The molecule has 0 aliphatic heterocycles. The van der Waals surface area contributed by atoms with Crippen LogP contribution in [0, 0.1) is 0 Å². The maximum atomic E-state index is 8.98. The van der Waals surface area contributed by atoms with Gasteiger partial charge in [-0.05, 0) is 13.3 Å². The molecular formula is C10H18N2O2S. The fourth-order valence-electron chi connectivity index (χ4n) is 1.41. The Balaban J connectivity index is 2.43. The van der Waals surface area contributed by atoms with Gasteiger partial charge in [0, 0.05) is 36.9 Å². The van der Waals surface area contributed by atoms with E-state index in [0.29, 0.717) is 13.0 Å². The first-order valence-electron chi connectivity index (χ1n) is 4.92. The number of rotatable bonds is 7. The number of methoxy groups -OCH3 is 1. The molecule has 5 heteroatoms. The average Bonchev–Trinajstić information content (AvgIpc) is 2.68. The van der Waals surface area contributed by atoms with E-state index in [4.69, 9.17) is 9.84 Å². The van der Waals surface area contributed by atoms with Gasteiger partial charge in [0.1, 0.15) is 0 Å². The third kappa shape index (κ3) is 4.25. The monoisotopic (exact) mass is 230 g/mol. The Kier molecular flexibility index (Phi) is 5.17. The van der Waals surface area contributed by atoms with Gasteiger partial charge < -0.3 is 15.2 Å². The molecule has 0 aliphatic carbocycles. The van der Waals surface area contributed by atoms with Crippen LogP contribution in [0.15, 0.2) is 11.7 Å². The highest BCUT2D eigenvalue weighted by Crippen LogP contribution is 2.12. The van der Waals surface area contributed by atoms with E-state index >= 15 is 0 Å². The Labute approximate surface area is 94.3 Å². The second-order valence-corrected chi connectivity index (χ2v) is 4.76. The molecule has 0 fully saturated rings. The highest BCUT2D eigenvalue weighted by molar-refractivity contribution is 7.09. The van der Waals surface area contributed by atoms with Gasteiger partial charge >= 0.3 is 0 Å². The van der Waals surface area contributed by atoms with Gasteiger partial charge in [-0.1, -0.05) is 0 Å². The van der Waals surface area contributed by atoms with Crippen molar-refractivity contribution in [2.75, 3.05) is 20.3 Å². The molecule has 1 heterocycles. The zero-order valence-corrected chi connectivity index (χ0v) is 10.0. The van der Waals surface area contributed by atoms with Crippen molar-refractivity contribution in [3.8, 4) is 0 Å². The predicted octanol–water partition coefficient (Wildman–Crippen LogP) is 1.02. The lowest BCUT2D eigenvalue weighted by molar-refractivity contribution is 0.0971. The zero-order valence-electron chi connectivity index (χ0n) is 9.19. The van der Waals surface area contributed by atoms with Crippen LogP contribution in [-0.4, -0.2) is 36.0 Å². The van der Waals surface area contributed by atoms with Gasteiger partial charge in [0.15, 0.2) is 0 Å². The Hall–Kier alpha value is -0.490. The molecule has 4 nitrogen and oxygen atoms in total. The van der Waals surface area contributed by atoms with Crippen LogP contribution >= 0.6 is 11.3 Å². The normalized spacial score (nSPS) is 15.1. The average molecular weight is 230 g/mol. The van der Waals surface area contributed by atoms with E-state index in [-0.39, 0.29) is 12.1 Å². The number of thiazole rings is 1. The molecule has 1 atom stereocenters. The number of hydrogen-bond donors (Lipinski definition) is 2. The highest BCUT2D eigenvalue weighted by atomic mass is 32.1. The minimum absolute atomic E-state index is 0.162. The lowest BCUT2D eigenvalue weighted by Gasteiger charge is -2.29. The van der Waals surface area contributed by atoms with Gasteiger partial charge in [-0.3, -0.25) is 4.98 Å². The molecule has 1 aromatic heterocycles. The number of aromatic nitrogens is 1. The van der Waals surface area contributed by atoms with E-state index in [1.165, 1.54) is 4.88 Å². The first-order valence-corrected chi connectivity index (χ1v) is 5.80. The van der Waals surface area contributed by atoms with Gasteiger partial charge in [0.05, 0.1) is 12.1 Å². The number of ether oxygens (including phenoxy) is 1. The quantitative estimate of drug-likeness (QED) is 0.734. The van der Waals surface area contributed by atoms with E-state index in [9.17, 15) is 0 Å². The standard InChI is InChI=1S/C10H18N2O2S/c1-10(3-4-13,7-14-2)12-6-9-5-11-8-15-9/h5,8,12-13H,3-4,6-7H2,1-2H3. The lowest BCUT2D eigenvalue weighted by atomic mass is 9.99. The van der Waals surface area contributed by atoms with Gasteiger partial charge in [-0.15, -0.1) is 11.3 Å². The van der Waals surface area contributed by atoms with Crippen LogP contribution in [0.2, 0.25) is 0 Å². The van der Waals surface area contributed by atoms with E-state index in [1.54, 1.807) is 18.4 Å². The summed E-state index contributed by atoms with van der Waals surface area (Å²) in [4.78, 5) is 5.20. The van der Waals surface area contributed by atoms with Crippen LogP contribution in [0.4, 0.5) is 0 Å². The molecule has 0 amide bonds. The minimum atomic E-state index is -0.173. The summed E-state index contributed by atoms with van der Waals surface area (Å²) in [6.07, 6.45) is 2.53. The fraction of sp³-hybridized carbons (Fsp3) is 0.700. The number of aliphatic hydroxyl groups excluding tert-OH is 1. The molecule has 0 saturated heterocycles. The van der Waals surface area contributed by atoms with Crippen LogP contribution in [-0.2, 0) is 11.3 Å². The van der Waals surface area contributed by atoms with Gasteiger partial charge in [-0.2, -0.15) is 0 Å². The topological polar surface area (TPSA) is 54.4 Å². The van der Waals surface area contributed by atoms with Gasteiger partial charge in [0.25, 0.3) is 0 Å². The number of aliphatic hydroxyl groups is 1. The molecule has 0 aromatic carbocycles. The van der Waals surface area contributed by atoms with Crippen molar-refractivity contribution >= 4 is 11.3 Å². The summed E-state index contributed by atoms with van der Waals surface area (Å²) in [5.74, 6) is 0. The fourth-order valence-corrected chi connectivity index (χ4v) is 1.94. The molecular weight excluding hydrogens is 212 g/mol. The summed E-state index contributed by atoms with van der Waals surface area (Å²) in [6, 6.07) is 0. The number of nitrogens with one attached hydrogen (secondary N) is 1. The SMILES string of the molecule is COCC(C)(CCO)NCc1cncs1. The molecule has 15 heavy (non-hydrogen) atoms. The Morgan fingerprint density at radius 3 is 3.00 bits per heavy atom. The van der Waals surface area contributed by atoms with Crippen LogP contribution in [0.5, 0.6) is 0 Å². The Morgan fingerprint density at radius 1 is 1.67 bits per heavy atom. The first kappa shape index (κ1) is 12.6. The predicted molar refractivity (Wildman–Crippen MR) is 60.9 cm³/mol. The molecule has 0 spiro atoms. The summed E-state index contributed by atoms with van der Waals surface area (Å²) in [7, 11) is 1.67. The molecule has 1 rings (SSSR count). The van der Waals surface area contributed by atoms with Crippen molar-refractivity contribution in [1.29, 1.82) is 0 Å². The summed E-state index contributed by atoms with van der Waals surface area (Å²) in [5, 5.41) is 12.4. The summed E-state index contributed by atoms with van der Waals surface area (Å²) >= 11 is 1.62. The van der Waals surface area contributed by atoms with Crippen molar-refractivity contribution in [1.82, 2.24) is 10.3 Å². The second kappa shape index (κ2) is 6.17. The van der Waals surface area contributed by atoms with Crippen LogP contribution in [0.3, 0.4) is 0 Å². The smallest absolute Gasteiger partial charge is 0.0794 e. The molecule has 0 radical (unpaired) electrons. The molecule has 2 N–H and O–H groups in total. The van der Waals surface area contributed by atoms with Gasteiger partial charge in [-0.25, -0.2) is 0 Å². The van der Waals surface area contributed by atoms with Crippen LogP contribution in [0.25, 0.3) is 0 Å². The molecule has 86 valence electrons. The maximum Gasteiger partial charge on any atom is 0.0794 e. The Bertz CT molecular complexity index is 258. The Morgan fingerprint density at radius 2 is 2.47 bits per heavy atom. The third-order valence-corrected chi connectivity index (χ3v) is 3.08. The van der Waals surface area contributed by atoms with Crippen molar-refractivity contribution < 1.29 is 9.84 Å². The molecule has 0 aliphatic rings. The number of nitrogens with zero attached hydrogens (tertiary/aromatic N) is 1. The molecule has 0 bridgehead atoms. The van der Waals surface area contributed by atoms with Crippen molar-refractivity contribution in [2.24, 2.45) is 0 Å². The minimum Gasteiger partial charge on any atom is -0.396 e. The van der Waals surface area contributed by atoms with Crippen molar-refractivity contribution in [3.63, 3.8) is 0 Å². The van der Waals surface area contributed by atoms with E-state index in [0.717, 1.165) is 6.54 Å². The highest BCUT2D eigenvalue weighted by Gasteiger charge is 2.22. The number of hydrogen-bond acceptors (Lipinski definition) is 5. The molecule has 0 saturated carbocycles. The molecule has 1 aromatic rings. The van der Waals surface area contributed by atoms with Crippen LogP contribution in [0.1, 0.15) is 18.2 Å². The van der Waals surface area contributed by atoms with E-state index < -0.39 is 0 Å². The lowest BCUT2D eigenvalue weighted by Crippen LogP contribution is -2.46. The summed E-state index contributed by atoms with van der Waals surface area (Å²) in [5.41, 5.74) is 1.64.